The van der Waals surface area contributed by atoms with E-state index in [1.807, 2.05) is 19.1 Å². The third-order valence-corrected chi connectivity index (χ3v) is 3.35. The average Bonchev–Trinajstić information content (AvgIpc) is 2.86. The molecule has 1 aliphatic heterocycles. The van der Waals surface area contributed by atoms with Crippen molar-refractivity contribution in [1.82, 2.24) is 5.16 Å². The lowest BCUT2D eigenvalue weighted by molar-refractivity contribution is 0.0652. The van der Waals surface area contributed by atoms with Gasteiger partial charge in [0, 0.05) is 18.1 Å². The van der Waals surface area contributed by atoms with Crippen LogP contribution in [0.25, 0.3) is 11.3 Å². The number of carboxylic acids is 1. The van der Waals surface area contributed by atoms with E-state index in [-0.39, 0.29) is 5.76 Å². The quantitative estimate of drug-likeness (QED) is 0.935. The molecule has 2 aromatic rings. The molecule has 0 atom stereocenters. The number of benzene rings is 1. The summed E-state index contributed by atoms with van der Waals surface area (Å²) in [5.74, 6) is 0.0509. The van der Waals surface area contributed by atoms with Gasteiger partial charge >= 0.3 is 5.97 Å². The SMILES string of the molecule is CCc1cc2c(cc1-c1cc(C(=O)O)on1)OCCCO2. The molecule has 0 fully saturated rings. The van der Waals surface area contributed by atoms with Crippen LogP contribution >= 0.6 is 0 Å². The molecule has 1 N–H and O–H groups in total. The van der Waals surface area contributed by atoms with Crippen LogP contribution in [0.5, 0.6) is 11.5 Å². The second kappa shape index (κ2) is 5.47. The first kappa shape index (κ1) is 13.5. The Hall–Kier alpha value is -2.50. The van der Waals surface area contributed by atoms with E-state index < -0.39 is 5.97 Å². The minimum Gasteiger partial charge on any atom is -0.490 e. The van der Waals surface area contributed by atoms with Gasteiger partial charge in [0.15, 0.2) is 11.5 Å². The number of ether oxygens (including phenoxy) is 2. The largest absolute Gasteiger partial charge is 0.490 e. The van der Waals surface area contributed by atoms with Gasteiger partial charge in [0.1, 0.15) is 5.69 Å². The fourth-order valence-corrected chi connectivity index (χ4v) is 2.28. The summed E-state index contributed by atoms with van der Waals surface area (Å²) in [6, 6.07) is 5.18. The Labute approximate surface area is 121 Å². The maximum atomic E-state index is 10.9. The molecule has 6 heteroatoms. The zero-order valence-electron chi connectivity index (χ0n) is 11.6. The number of rotatable bonds is 3. The second-order valence-electron chi connectivity index (χ2n) is 4.74. The second-order valence-corrected chi connectivity index (χ2v) is 4.74. The van der Waals surface area contributed by atoms with Gasteiger partial charge in [-0.1, -0.05) is 12.1 Å². The lowest BCUT2D eigenvalue weighted by atomic mass is 10.0. The van der Waals surface area contributed by atoms with Crippen LogP contribution < -0.4 is 9.47 Å². The molecule has 3 rings (SSSR count). The summed E-state index contributed by atoms with van der Waals surface area (Å²) in [5.41, 5.74) is 2.29. The predicted octanol–water partition coefficient (Wildman–Crippen LogP) is 2.76. The van der Waals surface area contributed by atoms with Crippen molar-refractivity contribution in [3.8, 4) is 22.8 Å². The first-order valence-corrected chi connectivity index (χ1v) is 6.82. The molecule has 6 nitrogen and oxygen atoms in total. The number of carbonyl (C=O) groups is 1. The molecule has 0 amide bonds. The summed E-state index contributed by atoms with van der Waals surface area (Å²) in [4.78, 5) is 10.9. The smallest absolute Gasteiger partial charge is 0.374 e. The van der Waals surface area contributed by atoms with Crippen LogP contribution in [0.2, 0.25) is 0 Å². The Morgan fingerprint density at radius 2 is 1.95 bits per heavy atom. The van der Waals surface area contributed by atoms with E-state index in [2.05, 4.69) is 5.16 Å². The van der Waals surface area contributed by atoms with E-state index in [9.17, 15) is 4.79 Å². The fraction of sp³-hybridized carbons (Fsp3) is 0.333. The van der Waals surface area contributed by atoms with Crippen LogP contribution in [0.3, 0.4) is 0 Å². The molecule has 1 aromatic carbocycles. The van der Waals surface area contributed by atoms with Crippen molar-refractivity contribution in [3.05, 3.63) is 29.5 Å². The molecule has 110 valence electrons. The molecule has 0 aliphatic carbocycles. The predicted molar refractivity (Wildman–Crippen MR) is 73.9 cm³/mol. The molecule has 0 radical (unpaired) electrons. The van der Waals surface area contributed by atoms with Gasteiger partial charge in [0.05, 0.1) is 13.2 Å². The van der Waals surface area contributed by atoms with E-state index in [0.29, 0.717) is 24.7 Å². The number of nitrogens with zero attached hydrogens (tertiary/aromatic N) is 1. The van der Waals surface area contributed by atoms with Gasteiger partial charge in [-0.15, -0.1) is 0 Å². The molecule has 1 aliphatic rings. The van der Waals surface area contributed by atoms with Crippen molar-refractivity contribution in [2.24, 2.45) is 0 Å². The zero-order chi connectivity index (χ0) is 14.8. The number of carboxylic acid groups (broad SMARTS) is 1. The number of fused-ring (bicyclic) bond motifs is 1. The molecule has 0 spiro atoms. The zero-order valence-corrected chi connectivity index (χ0v) is 11.6. The summed E-state index contributed by atoms with van der Waals surface area (Å²) in [6.45, 7) is 3.24. The van der Waals surface area contributed by atoms with Crippen LogP contribution in [0.15, 0.2) is 22.7 Å². The Bertz CT molecular complexity index is 677. The summed E-state index contributed by atoms with van der Waals surface area (Å²) in [7, 11) is 0. The normalized spacial score (nSPS) is 13.8. The monoisotopic (exact) mass is 289 g/mol. The van der Waals surface area contributed by atoms with Crippen LogP contribution in [0, 0.1) is 0 Å². The summed E-state index contributed by atoms with van der Waals surface area (Å²) in [5, 5.41) is 12.8. The van der Waals surface area contributed by atoms with Gasteiger partial charge in [0.25, 0.3) is 0 Å². The Kier molecular flexibility index (Phi) is 3.51. The highest BCUT2D eigenvalue weighted by molar-refractivity contribution is 5.86. The van der Waals surface area contributed by atoms with E-state index in [0.717, 1.165) is 29.7 Å². The lowest BCUT2D eigenvalue weighted by Gasteiger charge is -2.12. The molecular weight excluding hydrogens is 274 g/mol. The third kappa shape index (κ3) is 2.56. The maximum absolute atomic E-state index is 10.9. The number of aromatic nitrogens is 1. The van der Waals surface area contributed by atoms with Crippen molar-refractivity contribution in [2.45, 2.75) is 19.8 Å². The first-order chi connectivity index (χ1) is 10.2. The van der Waals surface area contributed by atoms with Gasteiger partial charge in [-0.05, 0) is 24.1 Å². The van der Waals surface area contributed by atoms with Crippen LogP contribution in [0.4, 0.5) is 0 Å². The Morgan fingerprint density at radius 3 is 2.57 bits per heavy atom. The Morgan fingerprint density at radius 1 is 1.24 bits per heavy atom. The fourth-order valence-electron chi connectivity index (χ4n) is 2.28. The average molecular weight is 289 g/mol. The Balaban J connectivity index is 2.07. The summed E-state index contributed by atoms with van der Waals surface area (Å²) < 4.78 is 16.2. The molecule has 21 heavy (non-hydrogen) atoms. The standard InChI is InChI=1S/C15H15NO5/c1-2-9-6-12-13(20-5-3-4-19-12)7-10(9)11-8-14(15(17)18)21-16-11/h6-8H,2-5H2,1H3,(H,17,18). The topological polar surface area (TPSA) is 81.8 Å². The molecule has 0 bridgehead atoms. The van der Waals surface area contributed by atoms with Crippen molar-refractivity contribution in [1.29, 1.82) is 0 Å². The van der Waals surface area contributed by atoms with E-state index in [1.54, 1.807) is 0 Å². The first-order valence-electron chi connectivity index (χ1n) is 6.82. The highest BCUT2D eigenvalue weighted by Crippen LogP contribution is 2.37. The van der Waals surface area contributed by atoms with Crippen LogP contribution in [0.1, 0.15) is 29.5 Å². The van der Waals surface area contributed by atoms with E-state index in [1.165, 1.54) is 6.07 Å². The molecule has 0 unspecified atom stereocenters. The minimum absolute atomic E-state index is 0.181. The summed E-state index contributed by atoms with van der Waals surface area (Å²) in [6.07, 6.45) is 1.60. The number of hydrogen-bond acceptors (Lipinski definition) is 5. The van der Waals surface area contributed by atoms with Crippen molar-refractivity contribution in [2.75, 3.05) is 13.2 Å². The van der Waals surface area contributed by atoms with E-state index in [4.69, 9.17) is 19.1 Å². The van der Waals surface area contributed by atoms with Crippen molar-refractivity contribution < 1.29 is 23.9 Å². The van der Waals surface area contributed by atoms with Gasteiger partial charge in [-0.3, -0.25) is 0 Å². The van der Waals surface area contributed by atoms with Crippen molar-refractivity contribution in [3.63, 3.8) is 0 Å². The molecule has 2 heterocycles. The van der Waals surface area contributed by atoms with Gasteiger partial charge in [-0.25, -0.2) is 4.79 Å². The molecular formula is C15H15NO5. The minimum atomic E-state index is -1.14. The van der Waals surface area contributed by atoms with Gasteiger partial charge < -0.3 is 19.1 Å². The van der Waals surface area contributed by atoms with E-state index >= 15 is 0 Å². The van der Waals surface area contributed by atoms with Gasteiger partial charge in [-0.2, -0.15) is 0 Å². The molecule has 0 saturated carbocycles. The number of aromatic carboxylic acids is 1. The van der Waals surface area contributed by atoms with Gasteiger partial charge in [0.2, 0.25) is 5.76 Å². The maximum Gasteiger partial charge on any atom is 0.374 e. The number of hydrogen-bond donors (Lipinski definition) is 1. The third-order valence-electron chi connectivity index (χ3n) is 3.35. The highest BCUT2D eigenvalue weighted by Gasteiger charge is 2.19. The summed E-state index contributed by atoms with van der Waals surface area (Å²) >= 11 is 0. The molecule has 1 aromatic heterocycles. The molecule has 0 saturated heterocycles. The highest BCUT2D eigenvalue weighted by atomic mass is 16.5. The number of aryl methyl sites for hydroxylation is 1. The lowest BCUT2D eigenvalue weighted by Crippen LogP contribution is -1.97. The van der Waals surface area contributed by atoms with Crippen LogP contribution in [-0.2, 0) is 6.42 Å². The van der Waals surface area contributed by atoms with Crippen LogP contribution in [-0.4, -0.2) is 29.4 Å². The van der Waals surface area contributed by atoms with Crippen molar-refractivity contribution >= 4 is 5.97 Å².